The first-order valence-corrected chi connectivity index (χ1v) is 5.36. The summed E-state index contributed by atoms with van der Waals surface area (Å²) in [5.74, 6) is 0.237. The number of nitrogens with one attached hydrogen (secondary N) is 2. The van der Waals surface area contributed by atoms with Gasteiger partial charge in [-0.3, -0.25) is 4.79 Å². The van der Waals surface area contributed by atoms with Gasteiger partial charge in [-0.15, -0.1) is 0 Å². The van der Waals surface area contributed by atoms with Crippen molar-refractivity contribution in [3.63, 3.8) is 0 Å². The molecule has 0 spiro atoms. The summed E-state index contributed by atoms with van der Waals surface area (Å²) in [4.78, 5) is 11.5. The third-order valence-electron chi connectivity index (χ3n) is 2.82. The lowest BCUT2D eigenvalue weighted by molar-refractivity contribution is -0.113. The van der Waals surface area contributed by atoms with E-state index in [0.29, 0.717) is 18.6 Å². The quantitative estimate of drug-likeness (QED) is 0.495. The molecular weight excluding hydrogens is 176 g/mol. The van der Waals surface area contributed by atoms with Crippen LogP contribution in [0.25, 0.3) is 0 Å². The van der Waals surface area contributed by atoms with E-state index in [1.165, 1.54) is 19.1 Å². The Morgan fingerprint density at radius 2 is 2.00 bits per heavy atom. The molecule has 3 heteroatoms. The van der Waals surface area contributed by atoms with E-state index in [1.54, 1.807) is 0 Å². The molecule has 0 aromatic carbocycles. The van der Waals surface area contributed by atoms with Crippen LogP contribution in [0.4, 0.5) is 0 Å². The highest BCUT2D eigenvalue weighted by Gasteiger charge is 2.23. The lowest BCUT2D eigenvalue weighted by atomic mass is 9.96. The van der Waals surface area contributed by atoms with Crippen LogP contribution in [0.2, 0.25) is 0 Å². The van der Waals surface area contributed by atoms with Gasteiger partial charge in [0.2, 0.25) is 0 Å². The Morgan fingerprint density at radius 1 is 1.36 bits per heavy atom. The molecule has 0 saturated heterocycles. The Hall–Kier alpha value is -0.990. The largest absolute Gasteiger partial charge is 0.313 e. The van der Waals surface area contributed by atoms with Gasteiger partial charge in [-0.05, 0) is 31.9 Å². The highest BCUT2D eigenvalue weighted by Crippen LogP contribution is 2.26. The second kappa shape index (κ2) is 5.68. The first-order valence-electron chi connectivity index (χ1n) is 5.36. The fourth-order valence-electron chi connectivity index (χ4n) is 1.94. The van der Waals surface area contributed by atoms with Crippen LogP contribution < -0.4 is 0 Å². The van der Waals surface area contributed by atoms with Gasteiger partial charge in [0.05, 0.1) is 5.71 Å². The van der Waals surface area contributed by atoms with Gasteiger partial charge in [-0.25, -0.2) is 0 Å². The minimum absolute atomic E-state index is 0.00116. The maximum atomic E-state index is 11.5. The van der Waals surface area contributed by atoms with Crippen LogP contribution in [0.15, 0.2) is 0 Å². The molecule has 0 unspecified atom stereocenters. The number of unbranched alkanes of at least 4 members (excludes halogenated alkanes) is 1. The summed E-state index contributed by atoms with van der Waals surface area (Å²) < 4.78 is 0. The number of hydrogen-bond acceptors (Lipinski definition) is 3. The lowest BCUT2D eigenvalue weighted by Crippen LogP contribution is -2.20. The van der Waals surface area contributed by atoms with Gasteiger partial charge in [0.15, 0.2) is 5.78 Å². The Labute approximate surface area is 84.9 Å². The van der Waals surface area contributed by atoms with Gasteiger partial charge in [0.25, 0.3) is 0 Å². The number of rotatable bonds is 6. The van der Waals surface area contributed by atoms with Crippen molar-refractivity contribution in [2.75, 3.05) is 0 Å². The van der Waals surface area contributed by atoms with Crippen molar-refractivity contribution in [2.45, 2.75) is 44.9 Å². The van der Waals surface area contributed by atoms with Crippen molar-refractivity contribution in [1.29, 1.82) is 10.8 Å². The van der Waals surface area contributed by atoms with Crippen molar-refractivity contribution in [3.8, 4) is 0 Å². The van der Waals surface area contributed by atoms with Crippen LogP contribution in [0.1, 0.15) is 44.9 Å². The van der Waals surface area contributed by atoms with Crippen molar-refractivity contribution < 1.29 is 4.79 Å². The number of carbonyl (C=O) groups excluding carboxylic acids is 1. The van der Waals surface area contributed by atoms with Gasteiger partial charge >= 0.3 is 0 Å². The summed E-state index contributed by atoms with van der Waals surface area (Å²) in [5.41, 5.74) is 0.340. The second-order valence-corrected chi connectivity index (χ2v) is 3.91. The molecule has 78 valence electrons. The van der Waals surface area contributed by atoms with Crippen molar-refractivity contribution in [3.05, 3.63) is 0 Å². The molecule has 0 aromatic rings. The monoisotopic (exact) mass is 194 g/mol. The fourth-order valence-corrected chi connectivity index (χ4v) is 1.94. The average molecular weight is 194 g/mol. The zero-order chi connectivity index (χ0) is 10.4. The van der Waals surface area contributed by atoms with E-state index in [-0.39, 0.29) is 11.7 Å². The maximum absolute atomic E-state index is 11.5. The number of Topliss-reactive ketones (excluding diaryl/α,β-unsaturated/α-hetero) is 1. The molecule has 14 heavy (non-hydrogen) atoms. The minimum atomic E-state index is -0.00116. The first kappa shape index (κ1) is 11.1. The normalized spacial score (nSPS) is 16.9. The van der Waals surface area contributed by atoms with Gasteiger partial charge in [-0.1, -0.05) is 12.8 Å². The van der Waals surface area contributed by atoms with Gasteiger partial charge in [0.1, 0.15) is 0 Å². The van der Waals surface area contributed by atoms with Gasteiger partial charge in [0, 0.05) is 12.3 Å². The predicted molar refractivity (Wildman–Crippen MR) is 57.3 cm³/mol. The molecule has 2 N–H and O–H groups in total. The molecule has 1 fully saturated rings. The molecule has 0 amide bonds. The van der Waals surface area contributed by atoms with E-state index in [1.807, 2.05) is 0 Å². The Bertz CT molecular complexity index is 229. The van der Waals surface area contributed by atoms with E-state index in [9.17, 15) is 4.79 Å². The van der Waals surface area contributed by atoms with Crippen LogP contribution in [-0.2, 0) is 4.79 Å². The number of ketones is 1. The molecule has 0 radical (unpaired) electrons. The van der Waals surface area contributed by atoms with E-state index in [0.717, 1.165) is 19.3 Å². The van der Waals surface area contributed by atoms with Crippen molar-refractivity contribution in [1.82, 2.24) is 0 Å². The Kier molecular flexibility index (Phi) is 4.50. The van der Waals surface area contributed by atoms with Crippen LogP contribution in [0.5, 0.6) is 0 Å². The van der Waals surface area contributed by atoms with E-state index in [2.05, 4.69) is 0 Å². The van der Waals surface area contributed by atoms with Gasteiger partial charge < -0.3 is 10.8 Å². The van der Waals surface area contributed by atoms with Crippen LogP contribution in [0.3, 0.4) is 0 Å². The van der Waals surface area contributed by atoms with Crippen molar-refractivity contribution in [2.24, 2.45) is 5.92 Å². The standard InChI is InChI=1S/C11H18N2O/c12-8-4-3-7-10(14)11(13)9-5-1-2-6-9/h8-9,12-13H,1-7H2. The Balaban J connectivity index is 2.28. The molecule has 1 rings (SSSR count). The zero-order valence-corrected chi connectivity index (χ0v) is 8.51. The summed E-state index contributed by atoms with van der Waals surface area (Å²) >= 11 is 0. The number of hydrogen-bond donors (Lipinski definition) is 2. The summed E-state index contributed by atoms with van der Waals surface area (Å²) in [7, 11) is 0. The highest BCUT2D eigenvalue weighted by molar-refractivity contribution is 6.39. The molecule has 0 bridgehead atoms. The molecule has 1 aliphatic carbocycles. The molecule has 0 atom stereocenters. The first-order chi connectivity index (χ1) is 6.75. The fraction of sp³-hybridized carbons (Fsp3) is 0.727. The highest BCUT2D eigenvalue weighted by atomic mass is 16.1. The van der Waals surface area contributed by atoms with Crippen molar-refractivity contribution >= 4 is 17.7 Å². The minimum Gasteiger partial charge on any atom is -0.313 e. The Morgan fingerprint density at radius 3 is 2.57 bits per heavy atom. The van der Waals surface area contributed by atoms with Crippen LogP contribution in [-0.4, -0.2) is 17.7 Å². The average Bonchev–Trinajstić information content (AvgIpc) is 2.69. The summed E-state index contributed by atoms with van der Waals surface area (Å²) in [6.07, 6.45) is 7.53. The topological polar surface area (TPSA) is 64.8 Å². The third kappa shape index (κ3) is 3.05. The SMILES string of the molecule is N=CCCCC(=O)C(=N)C1CCCC1. The zero-order valence-electron chi connectivity index (χ0n) is 8.51. The van der Waals surface area contributed by atoms with Crippen LogP contribution in [0, 0.1) is 16.7 Å². The number of carbonyl (C=O) groups is 1. The lowest BCUT2D eigenvalue weighted by Gasteiger charge is -2.08. The van der Waals surface area contributed by atoms with Gasteiger partial charge in [-0.2, -0.15) is 0 Å². The van der Waals surface area contributed by atoms with E-state index < -0.39 is 0 Å². The maximum Gasteiger partial charge on any atom is 0.176 e. The second-order valence-electron chi connectivity index (χ2n) is 3.91. The molecule has 1 saturated carbocycles. The van der Waals surface area contributed by atoms with E-state index in [4.69, 9.17) is 10.8 Å². The van der Waals surface area contributed by atoms with E-state index >= 15 is 0 Å². The molecule has 0 aliphatic heterocycles. The summed E-state index contributed by atoms with van der Waals surface area (Å²) in [6.45, 7) is 0. The molecular formula is C11H18N2O. The molecule has 0 aromatic heterocycles. The smallest absolute Gasteiger partial charge is 0.176 e. The van der Waals surface area contributed by atoms with Crippen LogP contribution >= 0.6 is 0 Å². The predicted octanol–water partition coefficient (Wildman–Crippen LogP) is 2.59. The molecule has 3 nitrogen and oxygen atoms in total. The molecule has 1 aliphatic rings. The summed E-state index contributed by atoms with van der Waals surface area (Å²) in [5, 5.41) is 14.6. The summed E-state index contributed by atoms with van der Waals surface area (Å²) in [6, 6.07) is 0. The molecule has 0 heterocycles. The third-order valence-corrected chi connectivity index (χ3v) is 2.82.